The highest BCUT2D eigenvalue weighted by Crippen LogP contribution is 2.37. The number of primary amides is 1. The van der Waals surface area contributed by atoms with Gasteiger partial charge in [-0.15, -0.1) is 11.3 Å². The number of amides is 3. The number of carbonyl (C=O) groups is 2. The number of rotatable bonds is 5. The van der Waals surface area contributed by atoms with Crippen LogP contribution in [0.15, 0.2) is 24.3 Å². The molecule has 134 valence electrons. The van der Waals surface area contributed by atoms with Crippen LogP contribution in [0.3, 0.4) is 0 Å². The van der Waals surface area contributed by atoms with Crippen LogP contribution in [-0.2, 0) is 4.79 Å². The standard InChI is InChI=1S/C18H24N4O2S/c1-3-11(2)15(21-18(19)24)17(23)22-10-6-8-13(22)16-20-12-7-4-5-9-14(12)25-16/h4-5,7,9,11,13,15H,3,6,8,10H2,1-2H3,(H3,19,21,24)/t11-,13+,15-/m0/s1. The van der Waals surface area contributed by atoms with Crippen molar-refractivity contribution in [2.45, 2.75) is 45.2 Å². The predicted molar refractivity (Wildman–Crippen MR) is 99.3 cm³/mol. The number of aromatic nitrogens is 1. The summed E-state index contributed by atoms with van der Waals surface area (Å²) in [6, 6.07) is 6.75. The monoisotopic (exact) mass is 360 g/mol. The minimum Gasteiger partial charge on any atom is -0.352 e. The zero-order chi connectivity index (χ0) is 18.0. The molecule has 3 N–H and O–H groups in total. The number of thiazole rings is 1. The van der Waals surface area contributed by atoms with Crippen molar-refractivity contribution in [3.05, 3.63) is 29.3 Å². The van der Waals surface area contributed by atoms with Gasteiger partial charge in [0.25, 0.3) is 0 Å². The molecule has 0 radical (unpaired) electrons. The molecule has 6 nitrogen and oxygen atoms in total. The van der Waals surface area contributed by atoms with Crippen LogP contribution in [0.25, 0.3) is 10.2 Å². The van der Waals surface area contributed by atoms with Gasteiger partial charge in [0, 0.05) is 6.54 Å². The van der Waals surface area contributed by atoms with Gasteiger partial charge in [0.05, 0.1) is 16.3 Å². The first-order valence-corrected chi connectivity index (χ1v) is 9.54. The number of para-hydroxylation sites is 1. The van der Waals surface area contributed by atoms with E-state index in [4.69, 9.17) is 10.7 Å². The van der Waals surface area contributed by atoms with E-state index < -0.39 is 12.1 Å². The molecule has 1 fully saturated rings. The third-order valence-electron chi connectivity index (χ3n) is 4.91. The van der Waals surface area contributed by atoms with Crippen LogP contribution < -0.4 is 11.1 Å². The minimum atomic E-state index is -0.658. The summed E-state index contributed by atoms with van der Waals surface area (Å²) in [6.45, 7) is 4.65. The van der Waals surface area contributed by atoms with Gasteiger partial charge in [-0.25, -0.2) is 9.78 Å². The molecule has 1 aliphatic rings. The van der Waals surface area contributed by atoms with E-state index in [1.54, 1.807) is 11.3 Å². The molecule has 0 aliphatic carbocycles. The second-order valence-corrected chi connectivity index (χ2v) is 7.64. The molecule has 1 aromatic heterocycles. The molecule has 2 aromatic rings. The van der Waals surface area contributed by atoms with Gasteiger partial charge in [0.2, 0.25) is 5.91 Å². The van der Waals surface area contributed by atoms with Crippen molar-refractivity contribution in [3.8, 4) is 0 Å². The van der Waals surface area contributed by atoms with E-state index in [-0.39, 0.29) is 17.9 Å². The normalized spacial score (nSPS) is 19.8. The number of urea groups is 1. The maximum Gasteiger partial charge on any atom is 0.312 e. The molecule has 2 heterocycles. The van der Waals surface area contributed by atoms with Crippen LogP contribution in [0.2, 0.25) is 0 Å². The van der Waals surface area contributed by atoms with Crippen LogP contribution in [0.4, 0.5) is 4.79 Å². The van der Waals surface area contributed by atoms with Crippen LogP contribution in [0.1, 0.15) is 44.2 Å². The number of nitrogens with one attached hydrogen (secondary N) is 1. The number of hydrogen-bond acceptors (Lipinski definition) is 4. The Kier molecular flexibility index (Phi) is 5.22. The summed E-state index contributed by atoms with van der Waals surface area (Å²) in [5.41, 5.74) is 6.26. The van der Waals surface area contributed by atoms with Gasteiger partial charge in [-0.2, -0.15) is 0 Å². The number of nitrogens with two attached hydrogens (primary N) is 1. The second kappa shape index (κ2) is 7.39. The number of nitrogens with zero attached hydrogens (tertiary/aromatic N) is 2. The fraction of sp³-hybridized carbons (Fsp3) is 0.500. The second-order valence-electron chi connectivity index (χ2n) is 6.58. The van der Waals surface area contributed by atoms with Gasteiger partial charge < -0.3 is 16.0 Å². The fourth-order valence-corrected chi connectivity index (χ4v) is 4.45. The van der Waals surface area contributed by atoms with E-state index in [1.165, 1.54) is 0 Å². The molecule has 1 aromatic carbocycles. The first kappa shape index (κ1) is 17.7. The number of hydrogen-bond donors (Lipinski definition) is 2. The lowest BCUT2D eigenvalue weighted by Crippen LogP contribution is -2.52. The van der Waals surface area contributed by atoms with E-state index in [2.05, 4.69) is 5.32 Å². The molecule has 0 unspecified atom stereocenters. The number of benzene rings is 1. The van der Waals surface area contributed by atoms with Gasteiger partial charge in [0.15, 0.2) is 0 Å². The van der Waals surface area contributed by atoms with Crippen LogP contribution in [0, 0.1) is 5.92 Å². The molecule has 0 bridgehead atoms. The molecule has 1 aliphatic heterocycles. The Hall–Kier alpha value is -2.15. The minimum absolute atomic E-state index is 0.0221. The summed E-state index contributed by atoms with van der Waals surface area (Å²) in [7, 11) is 0. The molecule has 3 amide bonds. The molecule has 1 saturated heterocycles. The number of fused-ring (bicyclic) bond motifs is 1. The highest BCUT2D eigenvalue weighted by molar-refractivity contribution is 7.18. The van der Waals surface area contributed by atoms with E-state index in [0.29, 0.717) is 6.54 Å². The molecule has 3 rings (SSSR count). The van der Waals surface area contributed by atoms with Crippen molar-refractivity contribution in [1.29, 1.82) is 0 Å². The van der Waals surface area contributed by atoms with Crippen molar-refractivity contribution >= 4 is 33.5 Å². The molecular formula is C18H24N4O2S. The summed E-state index contributed by atoms with van der Waals surface area (Å²) in [5, 5.41) is 3.60. The maximum atomic E-state index is 13.1. The SMILES string of the molecule is CC[C@H](C)[C@H](NC(N)=O)C(=O)N1CCC[C@@H]1c1nc2ccccc2s1. The van der Waals surface area contributed by atoms with Crippen molar-refractivity contribution in [2.75, 3.05) is 6.54 Å². The summed E-state index contributed by atoms with van der Waals surface area (Å²) >= 11 is 1.64. The highest BCUT2D eigenvalue weighted by Gasteiger charge is 2.37. The third kappa shape index (κ3) is 3.61. The van der Waals surface area contributed by atoms with Crippen LogP contribution in [0.5, 0.6) is 0 Å². The van der Waals surface area contributed by atoms with Crippen molar-refractivity contribution in [3.63, 3.8) is 0 Å². The van der Waals surface area contributed by atoms with Gasteiger partial charge in [-0.3, -0.25) is 4.79 Å². The van der Waals surface area contributed by atoms with E-state index in [1.807, 2.05) is 43.0 Å². The lowest BCUT2D eigenvalue weighted by Gasteiger charge is -2.30. The average Bonchev–Trinajstić information content (AvgIpc) is 3.24. The van der Waals surface area contributed by atoms with Gasteiger partial charge in [-0.1, -0.05) is 32.4 Å². The molecule has 25 heavy (non-hydrogen) atoms. The highest BCUT2D eigenvalue weighted by atomic mass is 32.1. The Morgan fingerprint density at radius 3 is 2.88 bits per heavy atom. The Labute approximate surface area is 151 Å². The van der Waals surface area contributed by atoms with Crippen LogP contribution >= 0.6 is 11.3 Å². The molecule has 7 heteroatoms. The van der Waals surface area contributed by atoms with Crippen molar-refractivity contribution in [2.24, 2.45) is 11.7 Å². The third-order valence-corrected chi connectivity index (χ3v) is 6.05. The zero-order valence-corrected chi connectivity index (χ0v) is 15.4. The van der Waals surface area contributed by atoms with Gasteiger partial charge in [0.1, 0.15) is 11.0 Å². The smallest absolute Gasteiger partial charge is 0.312 e. The average molecular weight is 360 g/mol. The Bertz CT molecular complexity index is 742. The molecular weight excluding hydrogens is 336 g/mol. The number of likely N-dealkylation sites (tertiary alicyclic amines) is 1. The largest absolute Gasteiger partial charge is 0.352 e. The van der Waals surface area contributed by atoms with E-state index >= 15 is 0 Å². The quantitative estimate of drug-likeness (QED) is 0.859. The van der Waals surface area contributed by atoms with Gasteiger partial charge in [-0.05, 0) is 30.9 Å². The summed E-state index contributed by atoms with van der Waals surface area (Å²) in [4.78, 5) is 31.1. The first-order valence-electron chi connectivity index (χ1n) is 8.73. The summed E-state index contributed by atoms with van der Waals surface area (Å²) in [5.74, 6) is -0.0356. The summed E-state index contributed by atoms with van der Waals surface area (Å²) < 4.78 is 1.13. The Morgan fingerprint density at radius 1 is 1.44 bits per heavy atom. The Morgan fingerprint density at radius 2 is 2.20 bits per heavy atom. The van der Waals surface area contributed by atoms with Crippen molar-refractivity contribution in [1.82, 2.24) is 15.2 Å². The van der Waals surface area contributed by atoms with Gasteiger partial charge >= 0.3 is 6.03 Å². The maximum absolute atomic E-state index is 13.1. The summed E-state index contributed by atoms with van der Waals surface area (Å²) in [6.07, 6.45) is 2.63. The molecule has 0 spiro atoms. The lowest BCUT2D eigenvalue weighted by atomic mass is 9.97. The molecule has 0 saturated carbocycles. The molecule has 3 atom stereocenters. The van der Waals surface area contributed by atoms with Crippen LogP contribution in [-0.4, -0.2) is 34.4 Å². The lowest BCUT2D eigenvalue weighted by molar-refractivity contribution is -0.135. The van der Waals surface area contributed by atoms with E-state index in [0.717, 1.165) is 34.5 Å². The predicted octanol–water partition coefficient (Wildman–Crippen LogP) is 3.04. The Balaban J connectivity index is 1.86. The fourth-order valence-electron chi connectivity index (χ4n) is 3.33. The van der Waals surface area contributed by atoms with Crippen molar-refractivity contribution < 1.29 is 9.59 Å². The zero-order valence-electron chi connectivity index (χ0n) is 14.6. The first-order chi connectivity index (χ1) is 12.0. The topological polar surface area (TPSA) is 88.3 Å². The van der Waals surface area contributed by atoms with E-state index in [9.17, 15) is 9.59 Å². The number of carbonyl (C=O) groups excluding carboxylic acids is 2.